The molecule has 0 aliphatic rings. The highest BCUT2D eigenvalue weighted by Crippen LogP contribution is 2.07. The molecule has 0 amide bonds. The highest BCUT2D eigenvalue weighted by Gasteiger charge is 2.03. The lowest BCUT2D eigenvalue weighted by atomic mass is 10.2. The second-order valence-electron chi connectivity index (χ2n) is 3.16. The van der Waals surface area contributed by atoms with Crippen LogP contribution < -0.4 is 10.6 Å². The van der Waals surface area contributed by atoms with Gasteiger partial charge in [-0.3, -0.25) is 0 Å². The molecule has 2 aromatic rings. The van der Waals surface area contributed by atoms with E-state index < -0.39 is 0 Å². The fourth-order valence-corrected chi connectivity index (χ4v) is 1.58. The third-order valence-electron chi connectivity index (χ3n) is 2.33. The Morgan fingerprint density at radius 1 is 1.36 bits per heavy atom. The molecule has 0 saturated carbocycles. The standard InChI is InChI=1S/C12H12O2/c1-8(13-3)12-9(2)14-11-7-5-4-6-10(11)12/h4-7H,2H2,1,3H3/b12-8-. The van der Waals surface area contributed by atoms with Crippen molar-refractivity contribution in [1.82, 2.24) is 0 Å². The molecular weight excluding hydrogens is 176 g/mol. The van der Waals surface area contributed by atoms with Crippen molar-refractivity contribution >= 4 is 23.3 Å². The third kappa shape index (κ3) is 1.20. The first-order chi connectivity index (χ1) is 6.74. The van der Waals surface area contributed by atoms with Gasteiger partial charge in [-0.15, -0.1) is 0 Å². The van der Waals surface area contributed by atoms with E-state index in [1.807, 2.05) is 31.2 Å². The van der Waals surface area contributed by atoms with Crippen molar-refractivity contribution in [1.29, 1.82) is 0 Å². The summed E-state index contributed by atoms with van der Waals surface area (Å²) in [5.74, 6) is 0.833. The maximum absolute atomic E-state index is 5.51. The first-order valence-corrected chi connectivity index (χ1v) is 4.45. The van der Waals surface area contributed by atoms with Gasteiger partial charge in [0.2, 0.25) is 0 Å². The molecule has 72 valence electrons. The average Bonchev–Trinajstić information content (AvgIpc) is 2.53. The Labute approximate surface area is 82.1 Å². The molecule has 0 N–H and O–H groups in total. The molecule has 0 saturated heterocycles. The summed E-state index contributed by atoms with van der Waals surface area (Å²) >= 11 is 0. The molecule has 0 bridgehead atoms. The predicted molar refractivity (Wildman–Crippen MR) is 57.1 cm³/mol. The molecule has 1 heterocycles. The summed E-state index contributed by atoms with van der Waals surface area (Å²) in [6.45, 7) is 5.77. The predicted octanol–water partition coefficient (Wildman–Crippen LogP) is 1.62. The van der Waals surface area contributed by atoms with Crippen LogP contribution in [0.25, 0.3) is 23.3 Å². The van der Waals surface area contributed by atoms with E-state index in [2.05, 4.69) is 6.58 Å². The van der Waals surface area contributed by atoms with Crippen LogP contribution in [0.3, 0.4) is 0 Å². The minimum atomic E-state index is 0.658. The Bertz CT molecular complexity index is 564. The fourth-order valence-electron chi connectivity index (χ4n) is 1.58. The van der Waals surface area contributed by atoms with Crippen LogP contribution in [0.15, 0.2) is 28.7 Å². The van der Waals surface area contributed by atoms with Crippen molar-refractivity contribution in [2.24, 2.45) is 0 Å². The molecule has 0 fully saturated rings. The fraction of sp³-hybridized carbons (Fsp3) is 0.167. The summed E-state index contributed by atoms with van der Waals surface area (Å²) in [6.07, 6.45) is 0. The summed E-state index contributed by atoms with van der Waals surface area (Å²) in [6, 6.07) is 7.85. The van der Waals surface area contributed by atoms with E-state index >= 15 is 0 Å². The lowest BCUT2D eigenvalue weighted by Gasteiger charge is -1.95. The van der Waals surface area contributed by atoms with Crippen LogP contribution in [0.2, 0.25) is 0 Å². The van der Waals surface area contributed by atoms with E-state index in [-0.39, 0.29) is 0 Å². The van der Waals surface area contributed by atoms with Crippen LogP contribution in [0, 0.1) is 0 Å². The van der Waals surface area contributed by atoms with Gasteiger partial charge in [0.05, 0.1) is 12.3 Å². The topological polar surface area (TPSA) is 22.4 Å². The van der Waals surface area contributed by atoms with Gasteiger partial charge in [-0.25, -0.2) is 0 Å². The number of hydrogen-bond donors (Lipinski definition) is 0. The van der Waals surface area contributed by atoms with Gasteiger partial charge in [0.15, 0.2) is 0 Å². The zero-order valence-electron chi connectivity index (χ0n) is 8.33. The highest BCUT2D eigenvalue weighted by atomic mass is 16.5. The maximum atomic E-state index is 5.51. The van der Waals surface area contributed by atoms with Gasteiger partial charge in [-0.1, -0.05) is 24.8 Å². The minimum absolute atomic E-state index is 0.658. The Balaban J connectivity index is 3.03. The van der Waals surface area contributed by atoms with Crippen molar-refractivity contribution in [3.05, 3.63) is 34.9 Å². The van der Waals surface area contributed by atoms with Gasteiger partial charge in [-0.2, -0.15) is 0 Å². The van der Waals surface area contributed by atoms with Crippen LogP contribution in [-0.2, 0) is 4.74 Å². The van der Waals surface area contributed by atoms with Gasteiger partial charge >= 0.3 is 0 Å². The molecular formula is C12H12O2. The lowest BCUT2D eigenvalue weighted by Crippen LogP contribution is -2.21. The van der Waals surface area contributed by atoms with Gasteiger partial charge in [-0.05, 0) is 13.0 Å². The third-order valence-corrected chi connectivity index (χ3v) is 2.33. The Morgan fingerprint density at radius 2 is 2.07 bits per heavy atom. The zero-order chi connectivity index (χ0) is 10.1. The molecule has 0 radical (unpaired) electrons. The first kappa shape index (κ1) is 8.88. The van der Waals surface area contributed by atoms with E-state index in [1.54, 1.807) is 7.11 Å². The van der Waals surface area contributed by atoms with Crippen molar-refractivity contribution in [2.45, 2.75) is 6.92 Å². The number of rotatable bonds is 1. The van der Waals surface area contributed by atoms with Crippen molar-refractivity contribution < 1.29 is 9.15 Å². The Kier molecular flexibility index (Phi) is 2.04. The largest absolute Gasteiger partial charge is 0.501 e. The Morgan fingerprint density at radius 3 is 2.79 bits per heavy atom. The molecule has 2 heteroatoms. The minimum Gasteiger partial charge on any atom is -0.501 e. The summed E-state index contributed by atoms with van der Waals surface area (Å²) in [7, 11) is 1.65. The summed E-state index contributed by atoms with van der Waals surface area (Å²) in [4.78, 5) is 0. The van der Waals surface area contributed by atoms with Crippen LogP contribution in [0.1, 0.15) is 6.92 Å². The van der Waals surface area contributed by atoms with Crippen molar-refractivity contribution in [2.75, 3.05) is 7.11 Å². The van der Waals surface area contributed by atoms with Gasteiger partial charge in [0.1, 0.15) is 16.8 Å². The Hall–Kier alpha value is -1.70. The second kappa shape index (κ2) is 3.22. The van der Waals surface area contributed by atoms with Gasteiger partial charge < -0.3 is 9.15 Å². The monoisotopic (exact) mass is 188 g/mol. The molecule has 0 aliphatic carbocycles. The van der Waals surface area contributed by atoms with Gasteiger partial charge in [0, 0.05) is 5.39 Å². The molecule has 0 spiro atoms. The SMILES string of the molecule is C=c1oc2ccccc2/c1=C(/C)OC. The first-order valence-electron chi connectivity index (χ1n) is 4.45. The van der Waals surface area contributed by atoms with Crippen LogP contribution in [0.5, 0.6) is 0 Å². The highest BCUT2D eigenvalue weighted by molar-refractivity contribution is 5.79. The second-order valence-corrected chi connectivity index (χ2v) is 3.16. The normalized spacial score (nSPS) is 13.0. The van der Waals surface area contributed by atoms with Crippen LogP contribution in [-0.4, -0.2) is 7.11 Å². The number of benzene rings is 1. The molecule has 2 rings (SSSR count). The van der Waals surface area contributed by atoms with Crippen LogP contribution >= 0.6 is 0 Å². The molecule has 0 atom stereocenters. The molecule has 0 aliphatic heterocycles. The van der Waals surface area contributed by atoms with Crippen molar-refractivity contribution in [3.63, 3.8) is 0 Å². The van der Waals surface area contributed by atoms with Crippen LogP contribution in [0.4, 0.5) is 0 Å². The zero-order valence-corrected chi connectivity index (χ0v) is 8.33. The summed E-state index contributed by atoms with van der Waals surface area (Å²) in [5, 5.41) is 2.01. The van der Waals surface area contributed by atoms with E-state index in [9.17, 15) is 0 Å². The molecule has 1 aromatic heterocycles. The number of fused-ring (bicyclic) bond motifs is 1. The number of ether oxygens (including phenoxy) is 1. The molecule has 2 nitrogen and oxygen atoms in total. The van der Waals surface area contributed by atoms with E-state index in [1.165, 1.54) is 0 Å². The molecule has 0 unspecified atom stereocenters. The number of furan rings is 1. The average molecular weight is 188 g/mol. The van der Waals surface area contributed by atoms with Crippen molar-refractivity contribution in [3.8, 4) is 0 Å². The summed E-state index contributed by atoms with van der Waals surface area (Å²) < 4.78 is 10.7. The van der Waals surface area contributed by atoms with E-state index in [0.717, 1.165) is 21.9 Å². The van der Waals surface area contributed by atoms with E-state index in [4.69, 9.17) is 9.15 Å². The number of para-hydroxylation sites is 1. The maximum Gasteiger partial charge on any atom is 0.135 e. The number of hydrogen-bond acceptors (Lipinski definition) is 2. The molecule has 1 aromatic carbocycles. The van der Waals surface area contributed by atoms with Gasteiger partial charge in [0.25, 0.3) is 0 Å². The van der Waals surface area contributed by atoms with E-state index in [0.29, 0.717) is 5.42 Å². The molecule has 14 heavy (non-hydrogen) atoms. The quantitative estimate of drug-likeness (QED) is 0.678. The number of methoxy groups -OCH3 is 1. The lowest BCUT2D eigenvalue weighted by molar-refractivity contribution is 0.360. The summed E-state index contributed by atoms with van der Waals surface area (Å²) in [5.41, 5.74) is 1.51. The smallest absolute Gasteiger partial charge is 0.135 e.